The molecular weight excluding hydrogens is 302 g/mol. The van der Waals surface area contributed by atoms with E-state index in [1.54, 1.807) is 18.9 Å². The van der Waals surface area contributed by atoms with E-state index in [-0.39, 0.29) is 0 Å². The number of hydrogen-bond donors (Lipinski definition) is 0. The van der Waals surface area contributed by atoms with Gasteiger partial charge in [0.05, 0.1) is 17.8 Å². The van der Waals surface area contributed by atoms with E-state index in [0.29, 0.717) is 0 Å². The number of benzene rings is 2. The highest BCUT2D eigenvalue weighted by molar-refractivity contribution is 7.99. The molecule has 0 bridgehead atoms. The molecule has 0 saturated carbocycles. The Labute approximate surface area is 133 Å². The molecule has 2 aromatic carbocycles. The van der Waals surface area contributed by atoms with Crippen molar-refractivity contribution < 1.29 is 4.74 Å². The van der Waals surface area contributed by atoms with Crippen LogP contribution in [-0.4, -0.2) is 19.1 Å². The number of aliphatic imine (C=N–C) groups is 1. The van der Waals surface area contributed by atoms with Crippen LogP contribution in [0, 0.1) is 0 Å². The number of ether oxygens (including phenoxy) is 1. The first-order chi connectivity index (χ1) is 10.3. The van der Waals surface area contributed by atoms with E-state index < -0.39 is 0 Å². The van der Waals surface area contributed by atoms with Crippen molar-refractivity contribution in [1.29, 1.82) is 0 Å². The lowest BCUT2D eigenvalue weighted by atomic mass is 10.1. The molecule has 0 fully saturated rings. The van der Waals surface area contributed by atoms with Gasteiger partial charge in [-0.25, -0.2) is 0 Å². The molecule has 4 heteroatoms. The molecular formula is C17H14ClNOS. The first-order valence-electron chi connectivity index (χ1n) is 6.57. The molecule has 0 aliphatic carbocycles. The first kappa shape index (κ1) is 14.2. The van der Waals surface area contributed by atoms with Gasteiger partial charge in [-0.1, -0.05) is 29.8 Å². The zero-order valence-electron chi connectivity index (χ0n) is 11.5. The summed E-state index contributed by atoms with van der Waals surface area (Å²) in [6.45, 7) is 0. The number of halogens is 1. The molecule has 2 aromatic rings. The monoisotopic (exact) mass is 315 g/mol. The van der Waals surface area contributed by atoms with Gasteiger partial charge in [0.25, 0.3) is 0 Å². The highest BCUT2D eigenvalue weighted by Gasteiger charge is 2.16. The number of methoxy groups -OCH3 is 1. The third kappa shape index (κ3) is 3.14. The molecule has 0 spiro atoms. The second-order valence-corrected chi connectivity index (χ2v) is 5.98. The van der Waals surface area contributed by atoms with Gasteiger partial charge in [0.15, 0.2) is 0 Å². The van der Waals surface area contributed by atoms with E-state index in [1.165, 1.54) is 4.90 Å². The van der Waals surface area contributed by atoms with Gasteiger partial charge in [0.2, 0.25) is 0 Å². The molecule has 0 amide bonds. The number of rotatable bonds is 3. The first-order valence-corrected chi connectivity index (χ1v) is 7.93. The third-order valence-corrected chi connectivity index (χ3v) is 4.80. The van der Waals surface area contributed by atoms with Gasteiger partial charge >= 0.3 is 0 Å². The Bertz CT molecular complexity index is 707. The van der Waals surface area contributed by atoms with E-state index in [0.717, 1.165) is 33.4 Å². The topological polar surface area (TPSA) is 21.6 Å². The normalized spacial score (nSPS) is 14.4. The molecule has 0 aromatic heterocycles. The molecule has 2 nitrogen and oxygen atoms in total. The highest BCUT2D eigenvalue weighted by atomic mass is 35.5. The Morgan fingerprint density at radius 3 is 2.67 bits per heavy atom. The van der Waals surface area contributed by atoms with Gasteiger partial charge in [-0.05, 0) is 35.9 Å². The Morgan fingerprint density at radius 2 is 1.90 bits per heavy atom. The maximum Gasteiger partial charge on any atom is 0.119 e. The van der Waals surface area contributed by atoms with E-state index in [9.17, 15) is 0 Å². The average Bonchev–Trinajstić information content (AvgIpc) is 2.55. The number of nitrogens with zero attached hydrogens (tertiary/aromatic N) is 1. The smallest absolute Gasteiger partial charge is 0.119 e. The molecule has 0 radical (unpaired) electrons. The van der Waals surface area contributed by atoms with Crippen molar-refractivity contribution in [3.8, 4) is 5.75 Å². The molecule has 0 saturated heterocycles. The fourth-order valence-electron chi connectivity index (χ4n) is 2.08. The van der Waals surface area contributed by atoms with Crippen LogP contribution in [0.2, 0.25) is 0 Å². The van der Waals surface area contributed by atoms with Crippen molar-refractivity contribution in [2.45, 2.75) is 4.90 Å². The largest absolute Gasteiger partial charge is 0.497 e. The number of hydrogen-bond acceptors (Lipinski definition) is 3. The van der Waals surface area contributed by atoms with E-state index in [4.69, 9.17) is 16.3 Å². The van der Waals surface area contributed by atoms with Crippen molar-refractivity contribution >= 4 is 40.3 Å². The van der Waals surface area contributed by atoms with Crippen LogP contribution in [0.5, 0.6) is 5.75 Å². The lowest BCUT2D eigenvalue weighted by Gasteiger charge is -2.16. The second-order valence-electron chi connectivity index (χ2n) is 4.58. The maximum absolute atomic E-state index is 6.48. The highest BCUT2D eigenvalue weighted by Crippen LogP contribution is 2.38. The van der Waals surface area contributed by atoms with Crippen LogP contribution in [0.4, 0.5) is 5.69 Å². The summed E-state index contributed by atoms with van der Waals surface area (Å²) in [5, 5.41) is 0.793. The van der Waals surface area contributed by atoms with Crippen LogP contribution in [0.15, 0.2) is 64.0 Å². The summed E-state index contributed by atoms with van der Waals surface area (Å²) in [5.41, 5.74) is 3.03. The van der Waals surface area contributed by atoms with Gasteiger partial charge < -0.3 is 4.74 Å². The molecule has 1 heterocycles. The molecule has 21 heavy (non-hydrogen) atoms. The van der Waals surface area contributed by atoms with Gasteiger partial charge in [0, 0.05) is 22.4 Å². The summed E-state index contributed by atoms with van der Waals surface area (Å²) in [6, 6.07) is 15.8. The summed E-state index contributed by atoms with van der Waals surface area (Å²) < 4.78 is 5.13. The van der Waals surface area contributed by atoms with Crippen LogP contribution in [0.3, 0.4) is 0 Å². The standard InChI is InChI=1S/C17H14ClNOS/c1-20-14-8-6-13(7-9-14)19-10-12-11-21-16-5-3-2-4-15(16)17(12)18/h2-10H,11H2,1H3. The minimum absolute atomic E-state index is 0.793. The molecule has 106 valence electrons. The summed E-state index contributed by atoms with van der Waals surface area (Å²) in [6.07, 6.45) is 1.85. The van der Waals surface area contributed by atoms with E-state index in [1.807, 2.05) is 48.7 Å². The Hall–Kier alpha value is -1.71. The summed E-state index contributed by atoms with van der Waals surface area (Å²) in [4.78, 5) is 5.72. The number of fused-ring (bicyclic) bond motifs is 1. The molecule has 0 unspecified atom stereocenters. The lowest BCUT2D eigenvalue weighted by molar-refractivity contribution is 0.415. The molecule has 0 atom stereocenters. The summed E-state index contributed by atoms with van der Waals surface area (Å²) in [7, 11) is 1.65. The fraction of sp³-hybridized carbons (Fsp3) is 0.118. The zero-order valence-corrected chi connectivity index (χ0v) is 13.1. The SMILES string of the molecule is COc1ccc(N=CC2=C(Cl)c3ccccc3SC2)cc1. The van der Waals surface area contributed by atoms with Crippen molar-refractivity contribution in [3.63, 3.8) is 0 Å². The van der Waals surface area contributed by atoms with Gasteiger partial charge in [-0.2, -0.15) is 0 Å². The predicted molar refractivity (Wildman–Crippen MR) is 91.1 cm³/mol. The minimum Gasteiger partial charge on any atom is -0.497 e. The molecule has 3 rings (SSSR count). The molecule has 1 aliphatic rings. The van der Waals surface area contributed by atoms with E-state index in [2.05, 4.69) is 11.1 Å². The molecule has 0 N–H and O–H groups in total. The van der Waals surface area contributed by atoms with Crippen LogP contribution >= 0.6 is 23.4 Å². The van der Waals surface area contributed by atoms with Gasteiger partial charge in [-0.3, -0.25) is 4.99 Å². The Balaban J connectivity index is 1.85. The summed E-state index contributed by atoms with van der Waals surface area (Å²) in [5.74, 6) is 1.67. The Morgan fingerprint density at radius 1 is 1.14 bits per heavy atom. The summed E-state index contributed by atoms with van der Waals surface area (Å²) >= 11 is 8.27. The minimum atomic E-state index is 0.793. The van der Waals surface area contributed by atoms with Crippen LogP contribution < -0.4 is 4.74 Å². The van der Waals surface area contributed by atoms with Gasteiger partial charge in [0.1, 0.15) is 5.75 Å². The van der Waals surface area contributed by atoms with Crippen LogP contribution in [0.25, 0.3) is 5.03 Å². The predicted octanol–water partition coefficient (Wildman–Crippen LogP) is 5.15. The second kappa shape index (κ2) is 6.37. The Kier molecular flexibility index (Phi) is 4.32. The van der Waals surface area contributed by atoms with Crippen LogP contribution in [-0.2, 0) is 0 Å². The molecule has 1 aliphatic heterocycles. The third-order valence-electron chi connectivity index (χ3n) is 3.23. The van der Waals surface area contributed by atoms with Crippen LogP contribution in [0.1, 0.15) is 5.56 Å². The average molecular weight is 316 g/mol. The zero-order chi connectivity index (χ0) is 14.7. The maximum atomic E-state index is 6.48. The van der Waals surface area contributed by atoms with E-state index >= 15 is 0 Å². The van der Waals surface area contributed by atoms with Crippen molar-refractivity contribution in [2.75, 3.05) is 12.9 Å². The van der Waals surface area contributed by atoms with Crippen molar-refractivity contribution in [2.24, 2.45) is 4.99 Å². The van der Waals surface area contributed by atoms with Crippen molar-refractivity contribution in [1.82, 2.24) is 0 Å². The quantitative estimate of drug-likeness (QED) is 0.730. The number of thioether (sulfide) groups is 1. The van der Waals surface area contributed by atoms with Gasteiger partial charge in [-0.15, -0.1) is 11.8 Å². The fourth-order valence-corrected chi connectivity index (χ4v) is 3.53. The van der Waals surface area contributed by atoms with Crippen molar-refractivity contribution in [3.05, 3.63) is 59.7 Å². The lowest BCUT2D eigenvalue weighted by Crippen LogP contribution is -2.00.